The number of hydrogen-bond donors (Lipinski definition) is 1. The summed E-state index contributed by atoms with van der Waals surface area (Å²) in [6.45, 7) is 0. The van der Waals surface area contributed by atoms with Gasteiger partial charge in [0.25, 0.3) is 5.56 Å². The molecule has 1 N–H and O–H groups in total. The number of rotatable bonds is 2. The van der Waals surface area contributed by atoms with Gasteiger partial charge in [0.05, 0.1) is 0 Å². The third-order valence-electron chi connectivity index (χ3n) is 3.24. The van der Waals surface area contributed by atoms with Gasteiger partial charge in [0.15, 0.2) is 5.65 Å². The average molecular weight is 271 g/mol. The number of H-pyrrole nitrogens is 1. The van der Waals surface area contributed by atoms with Gasteiger partial charge in [-0.3, -0.25) is 18.9 Å². The summed E-state index contributed by atoms with van der Waals surface area (Å²) < 4.78 is 2.42. The maximum atomic E-state index is 12.0. The number of pyridine rings is 1. The van der Waals surface area contributed by atoms with Gasteiger partial charge in [-0.1, -0.05) is 6.07 Å². The van der Waals surface area contributed by atoms with Crippen molar-refractivity contribution in [2.75, 3.05) is 0 Å². The van der Waals surface area contributed by atoms with Gasteiger partial charge in [-0.15, -0.1) is 0 Å². The highest BCUT2D eigenvalue weighted by atomic mass is 16.2. The zero-order valence-corrected chi connectivity index (χ0v) is 11.1. The Labute approximate surface area is 113 Å². The molecular formula is C13H13N5O2. The molecule has 0 aliphatic rings. The molecule has 0 unspecified atom stereocenters. The highest BCUT2D eigenvalue weighted by Crippen LogP contribution is 2.08. The largest absolute Gasteiger partial charge is 0.336 e. The zero-order valence-electron chi connectivity index (χ0n) is 11.1. The first-order valence-corrected chi connectivity index (χ1v) is 6.11. The highest BCUT2D eigenvalue weighted by Gasteiger charge is 2.13. The van der Waals surface area contributed by atoms with E-state index in [0.29, 0.717) is 23.4 Å². The summed E-state index contributed by atoms with van der Waals surface area (Å²) in [5.74, 6) is 0.631. The lowest BCUT2D eigenvalue weighted by Crippen LogP contribution is -2.36. The third kappa shape index (κ3) is 1.83. The van der Waals surface area contributed by atoms with E-state index in [1.165, 1.54) is 11.6 Å². The topological polar surface area (TPSA) is 85.6 Å². The van der Waals surface area contributed by atoms with Crippen LogP contribution in [0.4, 0.5) is 0 Å². The molecule has 7 heteroatoms. The zero-order chi connectivity index (χ0) is 14.3. The number of fused-ring (bicyclic) bond motifs is 1. The van der Waals surface area contributed by atoms with E-state index in [-0.39, 0.29) is 11.2 Å². The Hall–Kier alpha value is -2.70. The Morgan fingerprint density at radius 1 is 1.25 bits per heavy atom. The number of aryl methyl sites for hydroxylation is 1. The molecule has 0 fully saturated rings. The van der Waals surface area contributed by atoms with Gasteiger partial charge >= 0.3 is 5.69 Å². The van der Waals surface area contributed by atoms with E-state index in [1.54, 1.807) is 19.4 Å². The van der Waals surface area contributed by atoms with Crippen LogP contribution in [0.2, 0.25) is 0 Å². The molecule has 3 aromatic rings. The summed E-state index contributed by atoms with van der Waals surface area (Å²) in [4.78, 5) is 35.2. The van der Waals surface area contributed by atoms with Crippen LogP contribution in [0.1, 0.15) is 11.4 Å². The van der Waals surface area contributed by atoms with Gasteiger partial charge in [0.1, 0.15) is 11.3 Å². The van der Waals surface area contributed by atoms with Crippen molar-refractivity contribution in [3.05, 3.63) is 56.8 Å². The van der Waals surface area contributed by atoms with Crippen LogP contribution < -0.4 is 11.2 Å². The van der Waals surface area contributed by atoms with Gasteiger partial charge in [-0.2, -0.15) is 0 Å². The third-order valence-corrected chi connectivity index (χ3v) is 3.24. The fourth-order valence-corrected chi connectivity index (χ4v) is 2.15. The van der Waals surface area contributed by atoms with Crippen LogP contribution in [0.15, 0.2) is 34.1 Å². The summed E-state index contributed by atoms with van der Waals surface area (Å²) in [6, 6.07) is 3.77. The minimum Gasteiger partial charge on any atom is -0.336 e. The predicted molar refractivity (Wildman–Crippen MR) is 73.6 cm³/mol. The van der Waals surface area contributed by atoms with E-state index < -0.39 is 0 Å². The van der Waals surface area contributed by atoms with E-state index in [4.69, 9.17) is 0 Å². The van der Waals surface area contributed by atoms with E-state index >= 15 is 0 Å². The monoisotopic (exact) mass is 271 g/mol. The molecular weight excluding hydrogens is 258 g/mol. The number of imidazole rings is 1. The Balaban J connectivity index is 2.17. The Kier molecular flexibility index (Phi) is 2.74. The molecule has 20 heavy (non-hydrogen) atoms. The van der Waals surface area contributed by atoms with Crippen LogP contribution in [0, 0.1) is 0 Å². The first-order valence-electron chi connectivity index (χ1n) is 6.11. The predicted octanol–water partition coefficient (Wildman–Crippen LogP) is -0.0539. The van der Waals surface area contributed by atoms with E-state index in [9.17, 15) is 9.59 Å². The first-order chi connectivity index (χ1) is 9.58. The molecule has 0 aliphatic heterocycles. The number of nitrogens with one attached hydrogen (secondary N) is 1. The van der Waals surface area contributed by atoms with Crippen molar-refractivity contribution in [2.24, 2.45) is 14.1 Å². The van der Waals surface area contributed by atoms with Crippen LogP contribution in [-0.2, 0) is 20.5 Å². The van der Waals surface area contributed by atoms with Crippen LogP contribution in [-0.4, -0.2) is 24.1 Å². The maximum absolute atomic E-state index is 12.0. The normalized spacial score (nSPS) is 11.1. The minimum absolute atomic E-state index is 0.341. The summed E-state index contributed by atoms with van der Waals surface area (Å²) in [5.41, 5.74) is 0.939. The fourth-order valence-electron chi connectivity index (χ4n) is 2.15. The second kappa shape index (κ2) is 4.44. The molecule has 0 aliphatic carbocycles. The van der Waals surface area contributed by atoms with E-state index in [0.717, 1.165) is 10.1 Å². The molecule has 0 saturated carbocycles. The van der Waals surface area contributed by atoms with Crippen LogP contribution in [0.5, 0.6) is 0 Å². The van der Waals surface area contributed by atoms with Crippen molar-refractivity contribution in [1.82, 2.24) is 24.1 Å². The summed E-state index contributed by atoms with van der Waals surface area (Å²) in [6.07, 6.45) is 3.96. The van der Waals surface area contributed by atoms with Crippen LogP contribution >= 0.6 is 0 Å². The van der Waals surface area contributed by atoms with Crippen molar-refractivity contribution < 1.29 is 0 Å². The van der Waals surface area contributed by atoms with Gasteiger partial charge in [-0.05, 0) is 11.6 Å². The van der Waals surface area contributed by atoms with E-state index in [2.05, 4.69) is 15.0 Å². The van der Waals surface area contributed by atoms with Crippen LogP contribution in [0.3, 0.4) is 0 Å². The SMILES string of the molecule is Cn1c(=O)c2[nH]c(Cc3cccnc3)nc2n(C)c1=O. The second-order valence-corrected chi connectivity index (χ2v) is 4.63. The van der Waals surface area contributed by atoms with Crippen molar-refractivity contribution in [3.8, 4) is 0 Å². The Morgan fingerprint density at radius 3 is 2.75 bits per heavy atom. The first kappa shape index (κ1) is 12.3. The molecule has 0 radical (unpaired) electrons. The lowest BCUT2D eigenvalue weighted by molar-refractivity contribution is 0.708. The Bertz CT molecular complexity index is 889. The molecule has 7 nitrogen and oxygen atoms in total. The van der Waals surface area contributed by atoms with Crippen molar-refractivity contribution in [1.29, 1.82) is 0 Å². The summed E-state index contributed by atoms with van der Waals surface area (Å²) in [7, 11) is 3.05. The molecule has 3 rings (SSSR count). The molecule has 0 saturated heterocycles. The van der Waals surface area contributed by atoms with Crippen LogP contribution in [0.25, 0.3) is 11.2 Å². The molecule has 0 atom stereocenters. The van der Waals surface area contributed by atoms with Crippen molar-refractivity contribution in [3.63, 3.8) is 0 Å². The van der Waals surface area contributed by atoms with Crippen molar-refractivity contribution >= 4 is 11.2 Å². The smallest absolute Gasteiger partial charge is 0.332 e. The molecule has 0 bridgehead atoms. The van der Waals surface area contributed by atoms with Gasteiger partial charge in [0.2, 0.25) is 0 Å². The number of aromatic nitrogens is 5. The quantitative estimate of drug-likeness (QED) is 0.708. The second-order valence-electron chi connectivity index (χ2n) is 4.63. The number of hydrogen-bond acceptors (Lipinski definition) is 4. The molecule has 0 aromatic carbocycles. The Morgan fingerprint density at radius 2 is 2.05 bits per heavy atom. The maximum Gasteiger partial charge on any atom is 0.332 e. The highest BCUT2D eigenvalue weighted by molar-refractivity contribution is 5.69. The molecule has 3 heterocycles. The summed E-state index contributed by atoms with van der Waals surface area (Å²) >= 11 is 0. The van der Waals surface area contributed by atoms with Crippen molar-refractivity contribution in [2.45, 2.75) is 6.42 Å². The number of aromatic amines is 1. The average Bonchev–Trinajstić information content (AvgIpc) is 2.88. The van der Waals surface area contributed by atoms with Gasteiger partial charge in [0, 0.05) is 32.9 Å². The molecule has 3 aromatic heterocycles. The molecule has 102 valence electrons. The van der Waals surface area contributed by atoms with Gasteiger partial charge < -0.3 is 4.98 Å². The number of nitrogens with zero attached hydrogens (tertiary/aromatic N) is 4. The van der Waals surface area contributed by atoms with E-state index in [1.807, 2.05) is 12.1 Å². The minimum atomic E-state index is -0.387. The fraction of sp³-hybridized carbons (Fsp3) is 0.231. The molecule has 0 amide bonds. The summed E-state index contributed by atoms with van der Waals surface area (Å²) in [5, 5.41) is 0. The molecule has 0 spiro atoms. The standard InChI is InChI=1S/C13H13N5O2/c1-17-11-10(12(19)18(2)13(17)20)15-9(16-11)6-8-4-3-5-14-7-8/h3-5,7H,6H2,1-2H3,(H,15,16). The lowest BCUT2D eigenvalue weighted by atomic mass is 10.2. The lowest BCUT2D eigenvalue weighted by Gasteiger charge is -2.00. The van der Waals surface area contributed by atoms with Gasteiger partial charge in [-0.25, -0.2) is 9.78 Å².